The zero-order valence-corrected chi connectivity index (χ0v) is 13.0. The van der Waals surface area contributed by atoms with Crippen molar-refractivity contribution in [2.45, 2.75) is 0 Å². The van der Waals surface area contributed by atoms with Crippen LogP contribution < -0.4 is 10.6 Å². The van der Waals surface area contributed by atoms with Gasteiger partial charge in [-0.1, -0.05) is 22.0 Å². The molecule has 0 aliphatic carbocycles. The van der Waals surface area contributed by atoms with Gasteiger partial charge in [0, 0.05) is 18.6 Å². The van der Waals surface area contributed by atoms with Gasteiger partial charge >= 0.3 is 5.97 Å². The lowest BCUT2D eigenvalue weighted by atomic mass is 10.3. The fraction of sp³-hybridized carbons (Fsp3) is 0.231. The number of ether oxygens (including phenoxy) is 1. The number of anilines is 2. The van der Waals surface area contributed by atoms with Crippen molar-refractivity contribution >= 4 is 33.5 Å². The van der Waals surface area contributed by atoms with E-state index in [2.05, 4.69) is 21.0 Å². The summed E-state index contributed by atoms with van der Waals surface area (Å²) in [7, 11) is 4.90. The van der Waals surface area contributed by atoms with E-state index < -0.39 is 5.97 Å². The van der Waals surface area contributed by atoms with E-state index in [1.807, 2.05) is 24.3 Å². The van der Waals surface area contributed by atoms with E-state index in [1.165, 1.54) is 11.8 Å². The van der Waals surface area contributed by atoms with Gasteiger partial charge in [0.05, 0.1) is 12.8 Å². The van der Waals surface area contributed by atoms with Gasteiger partial charge in [-0.3, -0.25) is 0 Å². The first kappa shape index (κ1) is 14.4. The molecule has 2 aromatic rings. The molecule has 1 aromatic heterocycles. The van der Waals surface area contributed by atoms with Crippen molar-refractivity contribution in [2.24, 2.45) is 0 Å². The Bertz CT molecular complexity index is 652. The third-order valence-electron chi connectivity index (χ3n) is 2.77. The Morgan fingerprint density at radius 2 is 2.15 bits per heavy atom. The predicted molar refractivity (Wildman–Crippen MR) is 81.3 cm³/mol. The summed E-state index contributed by atoms with van der Waals surface area (Å²) in [5.74, 6) is 0.209. The van der Waals surface area contributed by atoms with Crippen LogP contribution in [0, 0.1) is 0 Å². The van der Waals surface area contributed by atoms with Gasteiger partial charge in [0.1, 0.15) is 11.4 Å². The summed E-state index contributed by atoms with van der Waals surface area (Å²) in [6.45, 7) is 0. The zero-order chi connectivity index (χ0) is 14.9. The normalized spacial score (nSPS) is 10.4. The van der Waals surface area contributed by atoms with Crippen LogP contribution in [-0.2, 0) is 4.74 Å². The highest BCUT2D eigenvalue weighted by Gasteiger charge is 2.24. The van der Waals surface area contributed by atoms with Crippen LogP contribution in [0.2, 0.25) is 0 Å². The van der Waals surface area contributed by atoms with Crippen molar-refractivity contribution in [2.75, 3.05) is 31.8 Å². The van der Waals surface area contributed by atoms with E-state index in [0.717, 1.165) is 10.2 Å². The molecule has 0 fully saturated rings. The fourth-order valence-electron chi connectivity index (χ4n) is 1.83. The molecule has 0 saturated heterocycles. The number of hydrogen-bond donors (Lipinski definition) is 1. The number of nitrogens with two attached hydrogens (primary N) is 1. The molecule has 0 unspecified atom stereocenters. The minimum Gasteiger partial charge on any atom is -0.465 e. The number of aromatic nitrogens is 2. The van der Waals surface area contributed by atoms with Gasteiger partial charge in [-0.05, 0) is 18.2 Å². The molecule has 0 amide bonds. The first-order chi connectivity index (χ1) is 9.45. The molecule has 0 atom stereocenters. The number of methoxy groups -OCH3 is 1. The van der Waals surface area contributed by atoms with Crippen molar-refractivity contribution in [3.05, 3.63) is 34.3 Å². The van der Waals surface area contributed by atoms with Crippen LogP contribution in [0.1, 0.15) is 10.4 Å². The zero-order valence-electron chi connectivity index (χ0n) is 11.4. The highest BCUT2D eigenvalue weighted by molar-refractivity contribution is 9.10. The molecule has 0 saturated carbocycles. The van der Waals surface area contributed by atoms with Crippen molar-refractivity contribution in [3.63, 3.8) is 0 Å². The van der Waals surface area contributed by atoms with Gasteiger partial charge < -0.3 is 15.4 Å². The Morgan fingerprint density at radius 3 is 2.70 bits per heavy atom. The molecule has 7 heteroatoms. The monoisotopic (exact) mass is 338 g/mol. The molecular weight excluding hydrogens is 324 g/mol. The molecule has 2 rings (SSSR count). The Hall–Kier alpha value is -2.02. The number of nitrogen functional groups attached to an aromatic ring is 1. The molecule has 1 heterocycles. The van der Waals surface area contributed by atoms with Crippen LogP contribution >= 0.6 is 15.9 Å². The van der Waals surface area contributed by atoms with Crippen LogP contribution in [-0.4, -0.2) is 37.0 Å². The van der Waals surface area contributed by atoms with Crippen molar-refractivity contribution < 1.29 is 9.53 Å². The van der Waals surface area contributed by atoms with Crippen molar-refractivity contribution in [3.8, 4) is 5.69 Å². The SMILES string of the molecule is COC(=O)c1c(N(C)C)nn(-c2cccc(Br)c2)c1N. The predicted octanol–water partition coefficient (Wildman–Crippen LogP) is 2.07. The molecule has 0 spiro atoms. The summed E-state index contributed by atoms with van der Waals surface area (Å²) in [6.07, 6.45) is 0. The van der Waals surface area contributed by atoms with Crippen LogP contribution in [0.15, 0.2) is 28.7 Å². The molecule has 6 nitrogen and oxygen atoms in total. The van der Waals surface area contributed by atoms with E-state index in [1.54, 1.807) is 19.0 Å². The lowest BCUT2D eigenvalue weighted by Crippen LogP contribution is -2.14. The first-order valence-corrected chi connectivity index (χ1v) is 6.65. The number of esters is 1. The summed E-state index contributed by atoms with van der Waals surface area (Å²) < 4.78 is 7.19. The number of nitrogens with zero attached hydrogens (tertiary/aromatic N) is 3. The molecule has 20 heavy (non-hydrogen) atoms. The summed E-state index contributed by atoms with van der Waals surface area (Å²) in [6, 6.07) is 7.49. The number of rotatable bonds is 3. The Kier molecular flexibility index (Phi) is 3.99. The maximum atomic E-state index is 11.9. The van der Waals surface area contributed by atoms with Crippen molar-refractivity contribution in [1.29, 1.82) is 0 Å². The van der Waals surface area contributed by atoms with Gasteiger partial charge in [-0.25, -0.2) is 9.48 Å². The van der Waals surface area contributed by atoms with E-state index in [0.29, 0.717) is 5.82 Å². The highest BCUT2D eigenvalue weighted by Crippen LogP contribution is 2.28. The maximum Gasteiger partial charge on any atom is 0.345 e. The van der Waals surface area contributed by atoms with E-state index in [9.17, 15) is 4.79 Å². The quantitative estimate of drug-likeness (QED) is 0.867. The smallest absolute Gasteiger partial charge is 0.345 e. The van der Waals surface area contributed by atoms with Crippen LogP contribution in [0.25, 0.3) is 5.69 Å². The number of benzene rings is 1. The maximum absolute atomic E-state index is 11.9. The molecule has 0 radical (unpaired) electrons. The summed E-state index contributed by atoms with van der Waals surface area (Å²) in [5, 5.41) is 4.39. The molecule has 106 valence electrons. The van der Waals surface area contributed by atoms with Gasteiger partial charge in [-0.2, -0.15) is 0 Å². The summed E-state index contributed by atoms with van der Waals surface area (Å²) >= 11 is 3.40. The molecule has 0 aliphatic heterocycles. The van der Waals surface area contributed by atoms with Crippen LogP contribution in [0.5, 0.6) is 0 Å². The molecule has 2 N–H and O–H groups in total. The minimum atomic E-state index is -0.507. The topological polar surface area (TPSA) is 73.4 Å². The second-order valence-corrected chi connectivity index (χ2v) is 5.28. The third kappa shape index (κ3) is 2.49. The van der Waals surface area contributed by atoms with Gasteiger partial charge in [0.25, 0.3) is 0 Å². The average Bonchev–Trinajstić information content (AvgIpc) is 2.76. The second-order valence-electron chi connectivity index (χ2n) is 4.36. The Labute approximate surface area is 125 Å². The number of carbonyl (C=O) groups excluding carboxylic acids is 1. The second kappa shape index (κ2) is 5.54. The minimum absolute atomic E-state index is 0.249. The highest BCUT2D eigenvalue weighted by atomic mass is 79.9. The number of carbonyl (C=O) groups is 1. The molecule has 0 bridgehead atoms. The van der Waals surface area contributed by atoms with Crippen molar-refractivity contribution in [1.82, 2.24) is 9.78 Å². The molecular formula is C13H15BrN4O2. The fourth-order valence-corrected chi connectivity index (χ4v) is 2.22. The Balaban J connectivity index is 2.64. The van der Waals surface area contributed by atoms with Crippen LogP contribution in [0.4, 0.5) is 11.6 Å². The number of hydrogen-bond acceptors (Lipinski definition) is 5. The van der Waals surface area contributed by atoms with Crippen LogP contribution in [0.3, 0.4) is 0 Å². The van der Waals surface area contributed by atoms with E-state index >= 15 is 0 Å². The molecule has 1 aromatic carbocycles. The van der Waals surface area contributed by atoms with E-state index in [4.69, 9.17) is 10.5 Å². The Morgan fingerprint density at radius 1 is 1.45 bits per heavy atom. The summed E-state index contributed by atoms with van der Waals surface area (Å²) in [4.78, 5) is 13.6. The first-order valence-electron chi connectivity index (χ1n) is 5.85. The standard InChI is InChI=1S/C13H15BrN4O2/c1-17(2)12-10(13(19)20-3)11(15)18(16-12)9-6-4-5-8(14)7-9/h4-7H,15H2,1-3H3. The lowest BCUT2D eigenvalue weighted by molar-refractivity contribution is 0.0602. The largest absolute Gasteiger partial charge is 0.465 e. The van der Waals surface area contributed by atoms with Gasteiger partial charge in [0.2, 0.25) is 0 Å². The van der Waals surface area contributed by atoms with Gasteiger partial charge in [-0.15, -0.1) is 5.10 Å². The third-order valence-corrected chi connectivity index (χ3v) is 3.26. The van der Waals surface area contributed by atoms with Gasteiger partial charge in [0.15, 0.2) is 5.82 Å². The average molecular weight is 339 g/mol. The summed E-state index contributed by atoms with van der Waals surface area (Å²) in [5.41, 5.74) is 7.08. The molecule has 0 aliphatic rings. The number of halogens is 1. The lowest BCUT2D eigenvalue weighted by Gasteiger charge is -2.09. The van der Waals surface area contributed by atoms with E-state index in [-0.39, 0.29) is 11.4 Å².